The number of benzene rings is 2. The van der Waals surface area contributed by atoms with Crippen LogP contribution in [0.4, 0.5) is 0 Å². The molecule has 2 aromatic carbocycles. The molecule has 0 saturated carbocycles. The molecular weight excluding hydrogens is 232 g/mol. The molecule has 0 amide bonds. The first-order chi connectivity index (χ1) is 9.31. The highest BCUT2D eigenvalue weighted by Crippen LogP contribution is 2.33. The molecule has 1 aliphatic rings. The summed E-state index contributed by atoms with van der Waals surface area (Å²) in [7, 11) is 0. The second-order valence-corrected chi connectivity index (χ2v) is 5.21. The Bertz CT molecular complexity index is 652. The maximum Gasteiger partial charge on any atom is 0.164 e. The van der Waals surface area contributed by atoms with Crippen LogP contribution in [0, 0.1) is 0 Å². The number of hydrogen-bond acceptors (Lipinski definition) is 1. The van der Waals surface area contributed by atoms with Crippen LogP contribution in [0.1, 0.15) is 40.7 Å². The van der Waals surface area contributed by atoms with Crippen molar-refractivity contribution in [3.63, 3.8) is 0 Å². The minimum Gasteiger partial charge on any atom is -0.294 e. The van der Waals surface area contributed by atoms with Crippen LogP contribution in [-0.4, -0.2) is 5.78 Å². The van der Waals surface area contributed by atoms with Gasteiger partial charge in [-0.3, -0.25) is 4.79 Å². The first kappa shape index (κ1) is 12.2. The average molecular weight is 250 g/mol. The average Bonchev–Trinajstić information content (AvgIpc) is 2.89. The molecule has 19 heavy (non-hydrogen) atoms. The molecule has 0 aromatic heterocycles. The lowest BCUT2D eigenvalue weighted by Gasteiger charge is -2.12. The number of ketones is 1. The molecule has 0 unspecified atom stereocenters. The third kappa shape index (κ3) is 2.10. The molecular formula is C18H18O. The van der Waals surface area contributed by atoms with Crippen LogP contribution in [0.2, 0.25) is 0 Å². The Hall–Kier alpha value is -1.89. The highest BCUT2D eigenvalue weighted by molar-refractivity contribution is 6.10. The molecule has 3 rings (SSSR count). The predicted molar refractivity (Wildman–Crippen MR) is 79.7 cm³/mol. The molecule has 0 saturated heterocycles. The largest absolute Gasteiger partial charge is 0.294 e. The second kappa shape index (κ2) is 5.00. The van der Waals surface area contributed by atoms with Gasteiger partial charge >= 0.3 is 0 Å². The Kier molecular flexibility index (Phi) is 3.20. The van der Waals surface area contributed by atoms with Gasteiger partial charge in [0.2, 0.25) is 0 Å². The summed E-state index contributed by atoms with van der Waals surface area (Å²) in [4.78, 5) is 12.5. The third-order valence-corrected chi connectivity index (χ3v) is 3.98. The van der Waals surface area contributed by atoms with Gasteiger partial charge in [0.05, 0.1) is 0 Å². The molecule has 0 N–H and O–H groups in total. The van der Waals surface area contributed by atoms with Gasteiger partial charge in [-0.2, -0.15) is 0 Å². The smallest absolute Gasteiger partial charge is 0.164 e. The number of rotatable bonds is 4. The minimum absolute atomic E-state index is 0.273. The topological polar surface area (TPSA) is 17.1 Å². The fourth-order valence-electron chi connectivity index (χ4n) is 3.09. The van der Waals surface area contributed by atoms with Gasteiger partial charge in [0, 0.05) is 12.0 Å². The summed E-state index contributed by atoms with van der Waals surface area (Å²) >= 11 is 0. The Morgan fingerprint density at radius 3 is 2.95 bits per heavy atom. The zero-order valence-electron chi connectivity index (χ0n) is 11.1. The summed E-state index contributed by atoms with van der Waals surface area (Å²) in [5.74, 6) is 0.273. The van der Waals surface area contributed by atoms with E-state index in [0.29, 0.717) is 6.42 Å². The van der Waals surface area contributed by atoms with Gasteiger partial charge < -0.3 is 0 Å². The van der Waals surface area contributed by atoms with Crippen molar-refractivity contribution in [1.82, 2.24) is 0 Å². The van der Waals surface area contributed by atoms with Crippen molar-refractivity contribution in [2.45, 2.75) is 32.1 Å². The summed E-state index contributed by atoms with van der Waals surface area (Å²) in [6.45, 7) is 3.71. The minimum atomic E-state index is 0.273. The van der Waals surface area contributed by atoms with Crippen LogP contribution in [0.15, 0.2) is 43.0 Å². The van der Waals surface area contributed by atoms with Crippen LogP contribution >= 0.6 is 0 Å². The van der Waals surface area contributed by atoms with E-state index < -0.39 is 0 Å². The number of allylic oxidation sites excluding steroid dienone is 1. The van der Waals surface area contributed by atoms with Gasteiger partial charge in [0.25, 0.3) is 0 Å². The van der Waals surface area contributed by atoms with Crippen molar-refractivity contribution in [2.24, 2.45) is 0 Å². The first-order valence-corrected chi connectivity index (χ1v) is 6.99. The van der Waals surface area contributed by atoms with Crippen molar-refractivity contribution in [3.8, 4) is 0 Å². The van der Waals surface area contributed by atoms with E-state index in [1.165, 1.54) is 22.9 Å². The summed E-state index contributed by atoms with van der Waals surface area (Å²) < 4.78 is 0. The lowest BCUT2D eigenvalue weighted by Crippen LogP contribution is -2.05. The van der Waals surface area contributed by atoms with Crippen molar-refractivity contribution in [1.29, 1.82) is 0 Å². The maximum atomic E-state index is 12.5. The fraction of sp³-hybridized carbons (Fsp3) is 0.278. The van der Waals surface area contributed by atoms with E-state index in [-0.39, 0.29) is 5.78 Å². The highest BCUT2D eigenvalue weighted by Gasteiger charge is 2.21. The van der Waals surface area contributed by atoms with Crippen molar-refractivity contribution >= 4 is 16.6 Å². The second-order valence-electron chi connectivity index (χ2n) is 5.21. The van der Waals surface area contributed by atoms with E-state index in [9.17, 15) is 4.79 Å². The summed E-state index contributed by atoms with van der Waals surface area (Å²) in [6.07, 6.45) is 6.49. The maximum absolute atomic E-state index is 12.5. The molecule has 0 spiro atoms. The molecule has 1 heteroatoms. The molecule has 1 nitrogen and oxygen atoms in total. The highest BCUT2D eigenvalue weighted by atomic mass is 16.1. The SMILES string of the molecule is C=CCCC(=O)c1c2c(cc3ccccc13)CCC2. The van der Waals surface area contributed by atoms with E-state index in [4.69, 9.17) is 0 Å². The number of aryl methyl sites for hydroxylation is 1. The predicted octanol–water partition coefficient (Wildman–Crippen LogP) is 4.48. The molecule has 0 atom stereocenters. The number of fused-ring (bicyclic) bond motifs is 2. The molecule has 96 valence electrons. The van der Waals surface area contributed by atoms with Crippen molar-refractivity contribution < 1.29 is 4.79 Å². The molecule has 0 aliphatic heterocycles. The van der Waals surface area contributed by atoms with Crippen LogP contribution < -0.4 is 0 Å². The van der Waals surface area contributed by atoms with E-state index >= 15 is 0 Å². The van der Waals surface area contributed by atoms with Crippen LogP contribution in [0.3, 0.4) is 0 Å². The molecule has 0 heterocycles. The van der Waals surface area contributed by atoms with Gasteiger partial charge in [-0.1, -0.05) is 36.4 Å². The summed E-state index contributed by atoms with van der Waals surface area (Å²) in [5.41, 5.74) is 3.65. The lowest BCUT2D eigenvalue weighted by atomic mass is 9.91. The summed E-state index contributed by atoms with van der Waals surface area (Å²) in [5, 5.41) is 2.32. The van der Waals surface area contributed by atoms with Gasteiger partial charge in [0.15, 0.2) is 5.78 Å². The van der Waals surface area contributed by atoms with E-state index in [2.05, 4.69) is 24.8 Å². The van der Waals surface area contributed by atoms with Crippen LogP contribution in [-0.2, 0) is 12.8 Å². The third-order valence-electron chi connectivity index (χ3n) is 3.98. The van der Waals surface area contributed by atoms with E-state index in [0.717, 1.165) is 30.2 Å². The number of carbonyl (C=O) groups excluding carboxylic acids is 1. The van der Waals surface area contributed by atoms with Crippen LogP contribution in [0.5, 0.6) is 0 Å². The molecule has 1 aliphatic carbocycles. The quantitative estimate of drug-likeness (QED) is 0.577. The Balaban J connectivity index is 2.20. The van der Waals surface area contributed by atoms with E-state index in [1.807, 2.05) is 18.2 Å². The monoisotopic (exact) mass is 250 g/mol. The standard InChI is InChI=1S/C18H18O/c1-2-3-11-17(19)18-15-9-5-4-7-13(15)12-14-8-6-10-16(14)18/h2,4-5,7,9,12H,1,3,6,8,10-11H2. The Labute approximate surface area is 113 Å². The summed E-state index contributed by atoms with van der Waals surface area (Å²) in [6, 6.07) is 10.5. The Morgan fingerprint density at radius 2 is 2.11 bits per heavy atom. The van der Waals surface area contributed by atoms with Crippen molar-refractivity contribution in [3.05, 3.63) is 59.7 Å². The van der Waals surface area contributed by atoms with Gasteiger partial charge in [-0.25, -0.2) is 0 Å². The molecule has 2 aromatic rings. The normalized spacial score (nSPS) is 13.5. The fourth-order valence-corrected chi connectivity index (χ4v) is 3.09. The van der Waals surface area contributed by atoms with Crippen LogP contribution in [0.25, 0.3) is 10.8 Å². The Morgan fingerprint density at radius 1 is 1.26 bits per heavy atom. The van der Waals surface area contributed by atoms with Gasteiger partial charge in [-0.15, -0.1) is 6.58 Å². The number of Topliss-reactive ketones (excluding diaryl/α,β-unsaturated/α-hetero) is 1. The molecule has 0 fully saturated rings. The van der Waals surface area contributed by atoms with E-state index in [1.54, 1.807) is 0 Å². The number of carbonyl (C=O) groups is 1. The number of hydrogen-bond donors (Lipinski definition) is 0. The lowest BCUT2D eigenvalue weighted by molar-refractivity contribution is 0.0984. The zero-order chi connectivity index (χ0) is 13.2. The van der Waals surface area contributed by atoms with Gasteiger partial charge in [-0.05, 0) is 47.6 Å². The van der Waals surface area contributed by atoms with Crippen molar-refractivity contribution in [2.75, 3.05) is 0 Å². The van der Waals surface area contributed by atoms with Gasteiger partial charge in [0.1, 0.15) is 0 Å². The first-order valence-electron chi connectivity index (χ1n) is 6.99. The molecule has 0 bridgehead atoms. The zero-order valence-corrected chi connectivity index (χ0v) is 11.1. The molecule has 0 radical (unpaired) electrons.